The van der Waals surface area contributed by atoms with Gasteiger partial charge in [-0.2, -0.15) is 0 Å². The van der Waals surface area contributed by atoms with Crippen LogP contribution in [0.2, 0.25) is 5.02 Å². The van der Waals surface area contributed by atoms with E-state index in [4.69, 9.17) is 21.1 Å². The number of halogens is 1. The molecule has 26 heavy (non-hydrogen) atoms. The first kappa shape index (κ1) is 18.6. The molecule has 0 radical (unpaired) electrons. The number of hydrogen-bond donors (Lipinski definition) is 1. The highest BCUT2D eigenvalue weighted by atomic mass is 35.5. The smallest absolute Gasteiger partial charge is 0.230 e. The molecule has 0 spiro atoms. The molecular weight excluding hydrogens is 350 g/mol. The molecule has 138 valence electrons. The second-order valence-electron chi connectivity index (χ2n) is 6.55. The van der Waals surface area contributed by atoms with Crippen LogP contribution in [0.1, 0.15) is 31.2 Å². The highest BCUT2D eigenvalue weighted by molar-refractivity contribution is 6.30. The summed E-state index contributed by atoms with van der Waals surface area (Å²) in [6.45, 7) is 0.842. The molecule has 1 aliphatic rings. The largest absolute Gasteiger partial charge is 0.493 e. The van der Waals surface area contributed by atoms with Crippen LogP contribution in [0.4, 0.5) is 0 Å². The van der Waals surface area contributed by atoms with Crippen LogP contribution in [0.15, 0.2) is 48.5 Å². The van der Waals surface area contributed by atoms with Crippen molar-refractivity contribution in [2.75, 3.05) is 20.3 Å². The highest BCUT2D eigenvalue weighted by Gasteiger charge is 2.42. The van der Waals surface area contributed by atoms with Crippen LogP contribution in [0, 0.1) is 0 Å². The van der Waals surface area contributed by atoms with E-state index in [2.05, 4.69) is 5.32 Å². The van der Waals surface area contributed by atoms with Crippen LogP contribution >= 0.6 is 11.6 Å². The molecule has 3 rings (SSSR count). The Morgan fingerprint density at radius 1 is 1.08 bits per heavy atom. The lowest BCUT2D eigenvalue weighted by Crippen LogP contribution is -2.44. The monoisotopic (exact) mass is 373 g/mol. The lowest BCUT2D eigenvalue weighted by molar-refractivity contribution is -0.126. The van der Waals surface area contributed by atoms with E-state index in [9.17, 15) is 4.79 Å². The van der Waals surface area contributed by atoms with Gasteiger partial charge >= 0.3 is 0 Å². The van der Waals surface area contributed by atoms with Gasteiger partial charge in [0.25, 0.3) is 0 Å². The lowest BCUT2D eigenvalue weighted by Gasteiger charge is -2.28. The molecule has 4 nitrogen and oxygen atoms in total. The van der Waals surface area contributed by atoms with Crippen molar-refractivity contribution in [2.24, 2.45) is 0 Å². The van der Waals surface area contributed by atoms with Gasteiger partial charge in [0.05, 0.1) is 19.1 Å². The molecule has 0 aromatic heterocycles. The van der Waals surface area contributed by atoms with Gasteiger partial charge in [0.15, 0.2) is 11.5 Å². The molecule has 0 heterocycles. The second kappa shape index (κ2) is 8.45. The molecule has 0 bridgehead atoms. The first-order chi connectivity index (χ1) is 12.7. The summed E-state index contributed by atoms with van der Waals surface area (Å²) < 4.78 is 11.0. The molecule has 2 aromatic rings. The van der Waals surface area contributed by atoms with Crippen LogP contribution in [0.5, 0.6) is 11.5 Å². The van der Waals surface area contributed by atoms with Crippen LogP contribution < -0.4 is 14.8 Å². The molecule has 1 aliphatic carbocycles. The summed E-state index contributed by atoms with van der Waals surface area (Å²) in [5.74, 6) is 1.44. The molecule has 5 heteroatoms. The Bertz CT molecular complexity index is 739. The van der Waals surface area contributed by atoms with Crippen molar-refractivity contribution in [3.8, 4) is 11.5 Å². The first-order valence-electron chi connectivity index (χ1n) is 8.96. The fraction of sp³-hybridized carbons (Fsp3) is 0.381. The molecule has 1 saturated carbocycles. The van der Waals surface area contributed by atoms with Gasteiger partial charge in [-0.3, -0.25) is 4.79 Å². The van der Waals surface area contributed by atoms with Gasteiger partial charge in [0.2, 0.25) is 5.91 Å². The van der Waals surface area contributed by atoms with Gasteiger partial charge < -0.3 is 14.8 Å². The highest BCUT2D eigenvalue weighted by Crippen LogP contribution is 2.41. The Labute approximate surface area is 159 Å². The minimum absolute atomic E-state index is 0.0703. The Morgan fingerprint density at radius 2 is 1.73 bits per heavy atom. The van der Waals surface area contributed by atoms with E-state index in [1.807, 2.05) is 48.5 Å². The zero-order valence-electron chi connectivity index (χ0n) is 15.0. The Morgan fingerprint density at radius 3 is 2.38 bits per heavy atom. The van der Waals surface area contributed by atoms with Crippen molar-refractivity contribution in [3.05, 3.63) is 59.1 Å². The quantitative estimate of drug-likeness (QED) is 0.734. The van der Waals surface area contributed by atoms with Gasteiger partial charge in [0.1, 0.15) is 6.61 Å². The van der Waals surface area contributed by atoms with E-state index in [0.717, 1.165) is 31.2 Å². The van der Waals surface area contributed by atoms with Gasteiger partial charge in [-0.05, 0) is 42.7 Å². The van der Waals surface area contributed by atoms with Gasteiger partial charge in [-0.25, -0.2) is 0 Å². The van der Waals surface area contributed by atoms with E-state index in [0.29, 0.717) is 29.7 Å². The zero-order chi connectivity index (χ0) is 18.4. The molecule has 0 atom stereocenters. The predicted octanol–water partition coefficient (Wildman–Crippen LogP) is 4.36. The number of carbonyl (C=O) groups excluding carboxylic acids is 1. The van der Waals surface area contributed by atoms with Crippen LogP contribution in [0.3, 0.4) is 0 Å². The zero-order valence-corrected chi connectivity index (χ0v) is 15.7. The molecule has 1 amide bonds. The Kier molecular flexibility index (Phi) is 6.04. The third-order valence-electron chi connectivity index (χ3n) is 5.00. The van der Waals surface area contributed by atoms with Gasteiger partial charge in [-0.15, -0.1) is 0 Å². The predicted molar refractivity (Wildman–Crippen MR) is 103 cm³/mol. The minimum atomic E-state index is -0.449. The van der Waals surface area contributed by atoms with Crippen LogP contribution in [-0.4, -0.2) is 26.2 Å². The molecule has 1 fully saturated rings. The number of ether oxygens (including phenoxy) is 2. The van der Waals surface area contributed by atoms with E-state index in [1.165, 1.54) is 0 Å². The van der Waals surface area contributed by atoms with E-state index in [1.54, 1.807) is 7.11 Å². The summed E-state index contributed by atoms with van der Waals surface area (Å²) in [5, 5.41) is 3.74. The number of carbonyl (C=O) groups is 1. The number of benzene rings is 2. The number of rotatable bonds is 7. The average molecular weight is 374 g/mol. The summed E-state index contributed by atoms with van der Waals surface area (Å²) in [6.07, 6.45) is 3.86. The average Bonchev–Trinajstić information content (AvgIpc) is 3.17. The Hall–Kier alpha value is -2.20. The van der Waals surface area contributed by atoms with Crippen LogP contribution in [-0.2, 0) is 10.2 Å². The standard InChI is InChI=1S/C21H24ClNO3/c1-25-18-6-2-3-7-19(18)26-15-14-23-20(24)21(12-4-5-13-21)16-8-10-17(22)11-9-16/h2-3,6-11H,4-5,12-15H2,1H3,(H,23,24). The molecule has 0 aliphatic heterocycles. The molecule has 0 unspecified atom stereocenters. The number of amides is 1. The molecule has 0 saturated heterocycles. The maximum atomic E-state index is 13.0. The maximum Gasteiger partial charge on any atom is 0.230 e. The maximum absolute atomic E-state index is 13.0. The number of methoxy groups -OCH3 is 1. The van der Waals surface area contributed by atoms with Crippen LogP contribution in [0.25, 0.3) is 0 Å². The van der Waals surface area contributed by atoms with Crippen molar-refractivity contribution >= 4 is 17.5 Å². The second-order valence-corrected chi connectivity index (χ2v) is 6.99. The van der Waals surface area contributed by atoms with E-state index < -0.39 is 5.41 Å². The Balaban J connectivity index is 1.60. The molecular formula is C21H24ClNO3. The molecule has 1 N–H and O–H groups in total. The van der Waals surface area contributed by atoms with E-state index in [-0.39, 0.29) is 5.91 Å². The summed E-state index contributed by atoms with van der Waals surface area (Å²) in [4.78, 5) is 13.0. The van der Waals surface area contributed by atoms with Crippen molar-refractivity contribution in [1.82, 2.24) is 5.32 Å². The topological polar surface area (TPSA) is 47.6 Å². The van der Waals surface area contributed by atoms with E-state index >= 15 is 0 Å². The minimum Gasteiger partial charge on any atom is -0.493 e. The lowest BCUT2D eigenvalue weighted by atomic mass is 9.78. The normalized spacial score (nSPS) is 15.5. The number of para-hydroxylation sites is 2. The first-order valence-corrected chi connectivity index (χ1v) is 9.34. The van der Waals surface area contributed by atoms with Gasteiger partial charge in [-0.1, -0.05) is 48.7 Å². The summed E-state index contributed by atoms with van der Waals surface area (Å²) >= 11 is 6.00. The van der Waals surface area contributed by atoms with Crippen molar-refractivity contribution < 1.29 is 14.3 Å². The summed E-state index contributed by atoms with van der Waals surface area (Å²) in [6, 6.07) is 15.1. The van der Waals surface area contributed by atoms with Crippen molar-refractivity contribution in [3.63, 3.8) is 0 Å². The SMILES string of the molecule is COc1ccccc1OCCNC(=O)C1(c2ccc(Cl)cc2)CCCC1. The number of nitrogens with one attached hydrogen (secondary N) is 1. The summed E-state index contributed by atoms with van der Waals surface area (Å²) in [7, 11) is 1.61. The molecule has 2 aromatic carbocycles. The van der Waals surface area contributed by atoms with Crippen molar-refractivity contribution in [1.29, 1.82) is 0 Å². The van der Waals surface area contributed by atoms with Gasteiger partial charge in [0, 0.05) is 5.02 Å². The third-order valence-corrected chi connectivity index (χ3v) is 5.25. The number of hydrogen-bond acceptors (Lipinski definition) is 3. The third kappa shape index (κ3) is 3.96. The van der Waals surface area contributed by atoms with Crippen molar-refractivity contribution in [2.45, 2.75) is 31.1 Å². The fourth-order valence-electron chi connectivity index (χ4n) is 3.63. The fourth-order valence-corrected chi connectivity index (χ4v) is 3.75. The summed E-state index contributed by atoms with van der Waals surface area (Å²) in [5.41, 5.74) is 0.595.